The van der Waals surface area contributed by atoms with Crippen LogP contribution in [0.3, 0.4) is 0 Å². The van der Waals surface area contributed by atoms with Crippen molar-refractivity contribution < 1.29 is 4.79 Å². The number of thiazole rings is 1. The summed E-state index contributed by atoms with van der Waals surface area (Å²) in [6.45, 7) is 1.93. The lowest BCUT2D eigenvalue weighted by molar-refractivity contribution is -0.117. The molecule has 0 aliphatic carbocycles. The first-order valence-corrected chi connectivity index (χ1v) is 8.20. The number of nitrogens with zero attached hydrogens (tertiary/aromatic N) is 3. The van der Waals surface area contributed by atoms with Crippen LogP contribution in [-0.2, 0) is 11.2 Å². The van der Waals surface area contributed by atoms with Crippen LogP contribution < -0.4 is 4.90 Å². The second-order valence-corrected chi connectivity index (χ2v) is 6.15. The average molecular weight is 323 g/mol. The lowest BCUT2D eigenvalue weighted by Gasteiger charge is -2.13. The van der Waals surface area contributed by atoms with Crippen molar-refractivity contribution in [3.8, 4) is 11.3 Å². The summed E-state index contributed by atoms with van der Waals surface area (Å²) in [6, 6.07) is 13.8. The number of pyridine rings is 1. The smallest absolute Gasteiger partial charge is 0.232 e. The van der Waals surface area contributed by atoms with Gasteiger partial charge in [0.1, 0.15) is 0 Å². The predicted octanol–water partition coefficient (Wildman–Crippen LogP) is 3.72. The van der Waals surface area contributed by atoms with Crippen molar-refractivity contribution in [3.05, 3.63) is 65.3 Å². The number of carbonyl (C=O) groups excluding carboxylic acids is 1. The van der Waals surface area contributed by atoms with E-state index in [0.29, 0.717) is 6.42 Å². The minimum Gasteiger partial charge on any atom is -0.291 e. The summed E-state index contributed by atoms with van der Waals surface area (Å²) in [6.07, 6.45) is 2.13. The Morgan fingerprint density at radius 1 is 1.17 bits per heavy atom. The van der Waals surface area contributed by atoms with E-state index in [9.17, 15) is 4.79 Å². The first kappa shape index (κ1) is 15.4. The van der Waals surface area contributed by atoms with E-state index in [2.05, 4.69) is 9.97 Å². The summed E-state index contributed by atoms with van der Waals surface area (Å²) >= 11 is 1.48. The van der Waals surface area contributed by atoms with Gasteiger partial charge in [0, 0.05) is 24.2 Å². The van der Waals surface area contributed by atoms with Crippen LogP contribution in [0.5, 0.6) is 0 Å². The third-order valence-electron chi connectivity index (χ3n) is 3.54. The lowest BCUT2D eigenvalue weighted by atomic mass is 10.1. The molecule has 0 spiro atoms. The fraction of sp³-hybridized carbons (Fsp3) is 0.167. The molecule has 0 saturated carbocycles. The zero-order chi connectivity index (χ0) is 16.2. The summed E-state index contributed by atoms with van der Waals surface area (Å²) in [5, 5.41) is 2.68. The standard InChI is InChI=1S/C18H17N3OS/c1-13-12-23-18(20-13)21(2)17(22)11-14-6-8-15(9-7-14)16-5-3-4-10-19-16/h3-10,12H,11H2,1-2H3. The summed E-state index contributed by atoms with van der Waals surface area (Å²) in [5.41, 5.74) is 3.89. The molecule has 3 rings (SSSR count). The number of aromatic nitrogens is 2. The molecule has 0 fully saturated rings. The SMILES string of the molecule is Cc1csc(N(C)C(=O)Cc2ccc(-c3ccccn3)cc2)n1. The molecule has 0 aliphatic heterocycles. The highest BCUT2D eigenvalue weighted by Gasteiger charge is 2.14. The number of likely N-dealkylation sites (N-methyl/N-ethyl adjacent to an activating group) is 1. The van der Waals surface area contributed by atoms with Gasteiger partial charge in [-0.2, -0.15) is 0 Å². The third kappa shape index (κ3) is 3.63. The minimum absolute atomic E-state index is 0.0323. The Bertz CT molecular complexity index is 797. The monoisotopic (exact) mass is 323 g/mol. The number of hydrogen-bond donors (Lipinski definition) is 0. The molecule has 0 atom stereocenters. The second kappa shape index (κ2) is 6.71. The Kier molecular flexibility index (Phi) is 4.48. The number of rotatable bonds is 4. The summed E-state index contributed by atoms with van der Waals surface area (Å²) in [5.74, 6) is 0.0323. The number of aryl methyl sites for hydroxylation is 1. The van der Waals surface area contributed by atoms with Crippen molar-refractivity contribution in [2.45, 2.75) is 13.3 Å². The maximum Gasteiger partial charge on any atom is 0.232 e. The van der Waals surface area contributed by atoms with Gasteiger partial charge in [-0.05, 0) is 24.6 Å². The molecule has 0 bridgehead atoms. The van der Waals surface area contributed by atoms with Gasteiger partial charge in [-0.15, -0.1) is 11.3 Å². The minimum atomic E-state index is 0.0323. The normalized spacial score (nSPS) is 10.5. The fourth-order valence-electron chi connectivity index (χ4n) is 2.22. The highest BCUT2D eigenvalue weighted by Crippen LogP contribution is 2.21. The molecular formula is C18H17N3OS. The highest BCUT2D eigenvalue weighted by molar-refractivity contribution is 7.14. The van der Waals surface area contributed by atoms with Crippen molar-refractivity contribution >= 4 is 22.4 Å². The van der Waals surface area contributed by atoms with Gasteiger partial charge in [0.15, 0.2) is 5.13 Å². The molecule has 4 nitrogen and oxygen atoms in total. The molecule has 116 valence electrons. The van der Waals surface area contributed by atoms with Crippen molar-refractivity contribution in [3.63, 3.8) is 0 Å². The van der Waals surface area contributed by atoms with Gasteiger partial charge >= 0.3 is 0 Å². The van der Waals surface area contributed by atoms with E-state index in [1.54, 1.807) is 18.1 Å². The van der Waals surface area contributed by atoms with E-state index in [0.717, 1.165) is 27.6 Å². The fourth-order valence-corrected chi connectivity index (χ4v) is 3.01. The molecular weight excluding hydrogens is 306 g/mol. The van der Waals surface area contributed by atoms with E-state index in [-0.39, 0.29) is 5.91 Å². The zero-order valence-electron chi connectivity index (χ0n) is 13.1. The van der Waals surface area contributed by atoms with Gasteiger partial charge in [0.2, 0.25) is 5.91 Å². The first-order valence-electron chi connectivity index (χ1n) is 7.32. The summed E-state index contributed by atoms with van der Waals surface area (Å²) in [4.78, 5) is 22.6. The van der Waals surface area contributed by atoms with E-state index < -0.39 is 0 Å². The van der Waals surface area contributed by atoms with Gasteiger partial charge in [-0.25, -0.2) is 4.98 Å². The molecule has 0 aliphatic rings. The molecule has 0 unspecified atom stereocenters. The van der Waals surface area contributed by atoms with Crippen LogP contribution >= 0.6 is 11.3 Å². The van der Waals surface area contributed by atoms with Crippen molar-refractivity contribution in [1.82, 2.24) is 9.97 Å². The molecule has 2 aromatic heterocycles. The molecule has 0 N–H and O–H groups in total. The van der Waals surface area contributed by atoms with E-state index >= 15 is 0 Å². The predicted molar refractivity (Wildman–Crippen MR) is 93.6 cm³/mol. The van der Waals surface area contributed by atoms with Crippen LogP contribution in [0.2, 0.25) is 0 Å². The van der Waals surface area contributed by atoms with Crippen molar-refractivity contribution in [1.29, 1.82) is 0 Å². The zero-order valence-corrected chi connectivity index (χ0v) is 13.9. The largest absolute Gasteiger partial charge is 0.291 e. The van der Waals surface area contributed by atoms with Crippen LogP contribution in [0.1, 0.15) is 11.3 Å². The van der Waals surface area contributed by atoms with Crippen LogP contribution in [0, 0.1) is 6.92 Å². The number of benzene rings is 1. The first-order chi connectivity index (χ1) is 11.1. The van der Waals surface area contributed by atoms with Gasteiger partial charge in [0.25, 0.3) is 0 Å². The molecule has 5 heteroatoms. The third-order valence-corrected chi connectivity index (χ3v) is 4.57. The maximum absolute atomic E-state index is 12.4. The van der Waals surface area contributed by atoms with Gasteiger partial charge in [-0.3, -0.25) is 14.7 Å². The Balaban J connectivity index is 1.69. The number of anilines is 1. The van der Waals surface area contributed by atoms with Crippen LogP contribution in [0.15, 0.2) is 54.0 Å². The van der Waals surface area contributed by atoms with Crippen molar-refractivity contribution in [2.24, 2.45) is 0 Å². The Morgan fingerprint density at radius 3 is 2.57 bits per heavy atom. The van der Waals surface area contributed by atoms with Crippen LogP contribution in [0.4, 0.5) is 5.13 Å². The molecule has 1 amide bonds. The average Bonchev–Trinajstić information content (AvgIpc) is 3.02. The van der Waals surface area contributed by atoms with Crippen LogP contribution in [-0.4, -0.2) is 22.9 Å². The van der Waals surface area contributed by atoms with Gasteiger partial charge < -0.3 is 0 Å². The number of carbonyl (C=O) groups is 1. The summed E-state index contributed by atoms with van der Waals surface area (Å²) < 4.78 is 0. The number of amides is 1. The van der Waals surface area contributed by atoms with E-state index in [1.807, 2.05) is 54.8 Å². The lowest BCUT2D eigenvalue weighted by Crippen LogP contribution is -2.27. The molecule has 0 radical (unpaired) electrons. The number of hydrogen-bond acceptors (Lipinski definition) is 4. The van der Waals surface area contributed by atoms with E-state index in [4.69, 9.17) is 0 Å². The Labute approximate surface area is 139 Å². The Hall–Kier alpha value is -2.53. The highest BCUT2D eigenvalue weighted by atomic mass is 32.1. The molecule has 23 heavy (non-hydrogen) atoms. The van der Waals surface area contributed by atoms with Crippen molar-refractivity contribution in [2.75, 3.05) is 11.9 Å². The van der Waals surface area contributed by atoms with Gasteiger partial charge in [-0.1, -0.05) is 30.3 Å². The maximum atomic E-state index is 12.4. The molecule has 2 heterocycles. The molecule has 0 saturated heterocycles. The van der Waals surface area contributed by atoms with Gasteiger partial charge in [0.05, 0.1) is 17.8 Å². The quantitative estimate of drug-likeness (QED) is 0.735. The Morgan fingerprint density at radius 2 is 1.96 bits per heavy atom. The van der Waals surface area contributed by atoms with Crippen LogP contribution in [0.25, 0.3) is 11.3 Å². The topological polar surface area (TPSA) is 46.1 Å². The summed E-state index contributed by atoms with van der Waals surface area (Å²) in [7, 11) is 1.77. The molecule has 1 aromatic carbocycles. The second-order valence-electron chi connectivity index (χ2n) is 5.31. The molecule has 3 aromatic rings. The van der Waals surface area contributed by atoms with E-state index in [1.165, 1.54) is 11.3 Å².